The van der Waals surface area contributed by atoms with Crippen LogP contribution in [0.1, 0.15) is 32.1 Å². The summed E-state index contributed by atoms with van der Waals surface area (Å²) in [6.07, 6.45) is 0. The van der Waals surface area contributed by atoms with Crippen LogP contribution in [0.4, 0.5) is 10.1 Å². The van der Waals surface area contributed by atoms with Crippen LogP contribution in [-0.2, 0) is 26.0 Å². The van der Waals surface area contributed by atoms with E-state index in [1.807, 2.05) is 11.5 Å². The molecule has 34 heavy (non-hydrogen) atoms. The normalized spacial score (nSPS) is 11.3. The number of aryl methyl sites for hydroxylation is 1. The Morgan fingerprint density at radius 2 is 1.76 bits per heavy atom. The third-order valence-electron chi connectivity index (χ3n) is 5.20. The maximum absolute atomic E-state index is 13.1. The molecule has 3 rings (SSSR count). The number of carbonyl (C=O) groups is 2. The number of nitrogens with zero attached hydrogens (tertiary/aromatic N) is 1. The summed E-state index contributed by atoms with van der Waals surface area (Å²) in [6, 6.07) is 11.8. The van der Waals surface area contributed by atoms with Crippen LogP contribution in [0.25, 0.3) is 0 Å². The second kappa shape index (κ2) is 10.6. The number of Topliss-reactive ketones (excluding diaryl/α,β-unsaturated/α-hetero) is 1. The van der Waals surface area contributed by atoms with Gasteiger partial charge in [-0.2, -0.15) is 0 Å². The molecule has 10 heteroatoms. The molecule has 0 fully saturated rings. The first kappa shape index (κ1) is 25.1. The molecule has 0 unspecified atom stereocenters. The molecule has 0 aliphatic heterocycles. The molecule has 2 aromatic carbocycles. The molecule has 8 nitrogen and oxygen atoms in total. The Bertz CT molecular complexity index is 1300. The van der Waals surface area contributed by atoms with Crippen molar-refractivity contribution in [2.75, 3.05) is 25.0 Å². The number of ether oxygens (including phenoxy) is 2. The van der Waals surface area contributed by atoms with Gasteiger partial charge in [-0.05, 0) is 62.4 Å². The molecule has 0 aliphatic carbocycles. The molecule has 0 atom stereocenters. The van der Waals surface area contributed by atoms with E-state index in [1.54, 1.807) is 20.1 Å². The van der Waals surface area contributed by atoms with E-state index < -0.39 is 28.4 Å². The molecule has 1 aromatic heterocycles. The number of anilines is 1. The van der Waals surface area contributed by atoms with E-state index in [9.17, 15) is 22.4 Å². The maximum Gasteiger partial charge on any atom is 0.338 e. The van der Waals surface area contributed by atoms with Crippen LogP contribution in [0.5, 0.6) is 0 Å². The van der Waals surface area contributed by atoms with Gasteiger partial charge in [0, 0.05) is 36.3 Å². The summed E-state index contributed by atoms with van der Waals surface area (Å²) in [6.45, 7) is 4.28. The van der Waals surface area contributed by atoms with Crippen LogP contribution < -0.4 is 4.72 Å². The van der Waals surface area contributed by atoms with Crippen molar-refractivity contribution in [2.24, 2.45) is 0 Å². The van der Waals surface area contributed by atoms with Crippen LogP contribution in [-0.4, -0.2) is 45.1 Å². The molecule has 180 valence electrons. The molecule has 0 aliphatic rings. The fraction of sp³-hybridized carbons (Fsp3) is 0.250. The van der Waals surface area contributed by atoms with Gasteiger partial charge in [-0.25, -0.2) is 17.6 Å². The number of hydrogen-bond acceptors (Lipinski definition) is 6. The van der Waals surface area contributed by atoms with Gasteiger partial charge in [-0.1, -0.05) is 6.07 Å². The van der Waals surface area contributed by atoms with E-state index in [2.05, 4.69) is 4.72 Å². The van der Waals surface area contributed by atoms with E-state index in [0.717, 1.165) is 29.6 Å². The zero-order chi connectivity index (χ0) is 24.9. The Hall–Kier alpha value is -3.50. The number of rotatable bonds is 10. The fourth-order valence-electron chi connectivity index (χ4n) is 3.42. The lowest BCUT2D eigenvalue weighted by molar-refractivity contribution is 0.0474. The van der Waals surface area contributed by atoms with Crippen molar-refractivity contribution in [3.8, 4) is 0 Å². The summed E-state index contributed by atoms with van der Waals surface area (Å²) in [5.41, 5.74) is 2.22. The molecule has 3 aromatic rings. The van der Waals surface area contributed by atoms with Gasteiger partial charge in [0.25, 0.3) is 10.0 Å². The number of methoxy groups -OCH3 is 1. The lowest BCUT2D eigenvalue weighted by Gasteiger charge is -2.10. The Morgan fingerprint density at radius 1 is 1.06 bits per heavy atom. The highest BCUT2D eigenvalue weighted by Gasteiger charge is 2.20. The zero-order valence-corrected chi connectivity index (χ0v) is 19.8. The fourth-order valence-corrected chi connectivity index (χ4v) is 4.53. The van der Waals surface area contributed by atoms with Crippen molar-refractivity contribution in [3.63, 3.8) is 0 Å². The summed E-state index contributed by atoms with van der Waals surface area (Å²) in [7, 11) is -2.44. The van der Waals surface area contributed by atoms with Crippen LogP contribution in [0, 0.1) is 19.7 Å². The number of sulfonamides is 1. The van der Waals surface area contributed by atoms with Crippen molar-refractivity contribution < 1.29 is 31.9 Å². The highest BCUT2D eigenvalue weighted by Crippen LogP contribution is 2.19. The topological polar surface area (TPSA) is 104 Å². The molecule has 0 bridgehead atoms. The number of hydrogen-bond donors (Lipinski definition) is 1. The predicted octanol–water partition coefficient (Wildman–Crippen LogP) is 3.73. The molecule has 0 amide bonds. The molecule has 0 spiro atoms. The largest absolute Gasteiger partial charge is 0.454 e. The third kappa shape index (κ3) is 5.89. The monoisotopic (exact) mass is 488 g/mol. The average Bonchev–Trinajstić information content (AvgIpc) is 3.10. The van der Waals surface area contributed by atoms with Gasteiger partial charge in [-0.15, -0.1) is 0 Å². The minimum absolute atomic E-state index is 0.0275. The lowest BCUT2D eigenvalue weighted by atomic mass is 10.1. The maximum atomic E-state index is 13.1. The zero-order valence-electron chi connectivity index (χ0n) is 19.0. The number of esters is 1. The van der Waals surface area contributed by atoms with Crippen molar-refractivity contribution >= 4 is 27.5 Å². The van der Waals surface area contributed by atoms with Crippen LogP contribution in [0.2, 0.25) is 0 Å². The van der Waals surface area contributed by atoms with Crippen molar-refractivity contribution in [1.29, 1.82) is 0 Å². The Labute approximate surface area is 197 Å². The minimum atomic E-state index is -4.03. The second-order valence-corrected chi connectivity index (χ2v) is 9.25. The highest BCUT2D eigenvalue weighted by atomic mass is 32.2. The number of benzene rings is 2. The van der Waals surface area contributed by atoms with Gasteiger partial charge in [0.1, 0.15) is 5.82 Å². The van der Waals surface area contributed by atoms with Gasteiger partial charge >= 0.3 is 5.97 Å². The van der Waals surface area contributed by atoms with Crippen molar-refractivity contribution in [1.82, 2.24) is 4.57 Å². The first-order valence-electron chi connectivity index (χ1n) is 10.4. The van der Waals surface area contributed by atoms with E-state index in [1.165, 1.54) is 30.3 Å². The van der Waals surface area contributed by atoms with E-state index in [0.29, 0.717) is 18.7 Å². The number of carbonyl (C=O) groups excluding carboxylic acids is 2. The SMILES string of the molecule is COCCn1c(C)cc(C(=O)COC(=O)c2cccc(S(=O)(=O)Nc3ccc(F)cc3)c2)c1C. The number of halogens is 1. The van der Waals surface area contributed by atoms with Crippen LogP contribution >= 0.6 is 0 Å². The smallest absolute Gasteiger partial charge is 0.338 e. The molecule has 0 saturated carbocycles. The standard InChI is InChI=1S/C24H25FN2O6S/c1-16-13-22(17(2)27(16)11-12-32-3)23(28)15-33-24(29)18-5-4-6-21(14-18)34(30,31)26-20-9-7-19(25)8-10-20/h4-10,13-14,26H,11-12,15H2,1-3H3. The first-order valence-corrected chi connectivity index (χ1v) is 11.8. The molecule has 0 radical (unpaired) electrons. The van der Waals surface area contributed by atoms with Crippen molar-refractivity contribution in [2.45, 2.75) is 25.3 Å². The average molecular weight is 489 g/mol. The number of aromatic nitrogens is 1. The molecule has 1 heterocycles. The summed E-state index contributed by atoms with van der Waals surface area (Å²) < 4.78 is 52.8. The summed E-state index contributed by atoms with van der Waals surface area (Å²) >= 11 is 0. The first-order chi connectivity index (χ1) is 16.1. The van der Waals surface area contributed by atoms with Gasteiger partial charge in [-0.3, -0.25) is 9.52 Å². The van der Waals surface area contributed by atoms with Gasteiger partial charge in [0.05, 0.1) is 17.1 Å². The number of ketones is 1. The Balaban J connectivity index is 1.69. The number of nitrogens with one attached hydrogen (secondary N) is 1. The summed E-state index contributed by atoms with van der Waals surface area (Å²) in [5.74, 6) is -1.70. The van der Waals surface area contributed by atoms with E-state index >= 15 is 0 Å². The lowest BCUT2D eigenvalue weighted by Crippen LogP contribution is -2.17. The van der Waals surface area contributed by atoms with Crippen molar-refractivity contribution in [3.05, 3.63) is 82.9 Å². The minimum Gasteiger partial charge on any atom is -0.454 e. The second-order valence-electron chi connectivity index (χ2n) is 7.57. The van der Waals surface area contributed by atoms with Gasteiger partial charge < -0.3 is 14.0 Å². The molecule has 0 saturated heterocycles. The summed E-state index contributed by atoms with van der Waals surface area (Å²) in [4.78, 5) is 25.0. The van der Waals surface area contributed by atoms with Gasteiger partial charge in [0.2, 0.25) is 5.78 Å². The van der Waals surface area contributed by atoms with Gasteiger partial charge in [0.15, 0.2) is 6.61 Å². The molecular weight excluding hydrogens is 463 g/mol. The Kier molecular flexibility index (Phi) is 7.85. The summed E-state index contributed by atoms with van der Waals surface area (Å²) in [5, 5.41) is 0. The van der Waals surface area contributed by atoms with Crippen LogP contribution in [0.15, 0.2) is 59.5 Å². The molecular formula is C24H25FN2O6S. The van der Waals surface area contributed by atoms with E-state index in [-0.39, 0.29) is 21.9 Å². The van der Waals surface area contributed by atoms with E-state index in [4.69, 9.17) is 9.47 Å². The highest BCUT2D eigenvalue weighted by molar-refractivity contribution is 7.92. The van der Waals surface area contributed by atoms with Crippen LogP contribution in [0.3, 0.4) is 0 Å². The third-order valence-corrected chi connectivity index (χ3v) is 6.58. The predicted molar refractivity (Wildman–Crippen MR) is 124 cm³/mol. The molecule has 1 N–H and O–H groups in total. The Morgan fingerprint density at radius 3 is 2.44 bits per heavy atom. The quantitative estimate of drug-likeness (QED) is 0.345.